The molecule has 1 aliphatic rings. The lowest BCUT2D eigenvalue weighted by Crippen LogP contribution is -2.39. The zero-order valence-corrected chi connectivity index (χ0v) is 29.7. The van der Waals surface area contributed by atoms with E-state index in [-0.39, 0.29) is 0 Å². The summed E-state index contributed by atoms with van der Waals surface area (Å²) in [4.78, 5) is 5.43. The molecule has 0 aromatic heterocycles. The van der Waals surface area contributed by atoms with Gasteiger partial charge in [-0.3, -0.25) is 0 Å². The second-order valence-corrected chi connectivity index (χ2v) is 13.9. The van der Waals surface area contributed by atoms with Gasteiger partial charge < -0.3 is 9.80 Å². The van der Waals surface area contributed by atoms with Crippen LogP contribution >= 0.6 is 0 Å². The monoisotopic (exact) mass is 589 g/mol. The highest BCUT2D eigenvalue weighted by molar-refractivity contribution is 4.97. The summed E-state index contributed by atoms with van der Waals surface area (Å²) in [6.45, 7) is 9.48. The quantitative estimate of drug-likeness (QED) is 0.0690. The molecule has 0 amide bonds. The summed E-state index contributed by atoms with van der Waals surface area (Å²) in [5.41, 5.74) is 0. The van der Waals surface area contributed by atoms with Crippen LogP contribution in [0.25, 0.3) is 0 Å². The topological polar surface area (TPSA) is 6.48 Å². The van der Waals surface area contributed by atoms with Crippen molar-refractivity contribution in [3.63, 3.8) is 0 Å². The van der Waals surface area contributed by atoms with Gasteiger partial charge in [0.25, 0.3) is 0 Å². The molecular weight excluding hydrogens is 508 g/mol. The average molecular weight is 589 g/mol. The molecule has 0 aromatic carbocycles. The molecule has 0 fully saturated rings. The van der Waals surface area contributed by atoms with Crippen LogP contribution in [-0.2, 0) is 0 Å². The Hall–Kier alpha value is -0.660. The number of nitrogens with zero attached hydrogens (tertiary/aromatic N) is 2. The maximum absolute atomic E-state index is 2.72. The highest BCUT2D eigenvalue weighted by atomic mass is 15.4. The van der Waals surface area contributed by atoms with Crippen LogP contribution in [0.2, 0.25) is 0 Å². The molecule has 1 unspecified atom stereocenters. The number of hydrogen-bond donors (Lipinski definition) is 0. The number of hydrogen-bond acceptors (Lipinski definition) is 2. The standard InChI is InChI=1S/C40H80N2/c1-4-7-10-13-16-18-20-21-22-24-26-29-32-35-40-41(36-33-30-27-15-12-9-6-3)38-39-42(40)37-34-31-28-25-23-19-17-14-11-8-5-2/h38-40H,4-37H2,1-3H3. The fourth-order valence-corrected chi connectivity index (χ4v) is 6.89. The molecule has 1 rings (SSSR count). The van der Waals surface area contributed by atoms with Gasteiger partial charge in [-0.1, -0.05) is 201 Å². The van der Waals surface area contributed by atoms with Crippen LogP contribution in [0.1, 0.15) is 226 Å². The molecule has 0 saturated heterocycles. The van der Waals surface area contributed by atoms with E-state index in [1.165, 1.54) is 219 Å². The van der Waals surface area contributed by atoms with Crippen molar-refractivity contribution in [3.8, 4) is 0 Å². The summed E-state index contributed by atoms with van der Waals surface area (Å²) in [6, 6.07) is 0. The summed E-state index contributed by atoms with van der Waals surface area (Å²) >= 11 is 0. The van der Waals surface area contributed by atoms with Crippen molar-refractivity contribution in [2.75, 3.05) is 13.1 Å². The van der Waals surface area contributed by atoms with Crippen LogP contribution in [0.15, 0.2) is 12.4 Å². The molecule has 1 aliphatic heterocycles. The third kappa shape index (κ3) is 23.8. The summed E-state index contributed by atoms with van der Waals surface area (Å²) < 4.78 is 0. The molecule has 0 saturated carbocycles. The second-order valence-electron chi connectivity index (χ2n) is 13.9. The molecule has 0 radical (unpaired) electrons. The van der Waals surface area contributed by atoms with Crippen LogP contribution in [0.3, 0.4) is 0 Å². The van der Waals surface area contributed by atoms with Gasteiger partial charge in [0, 0.05) is 25.5 Å². The molecule has 0 spiro atoms. The average Bonchev–Trinajstić information content (AvgIpc) is 3.38. The van der Waals surface area contributed by atoms with Crippen molar-refractivity contribution in [2.45, 2.75) is 232 Å². The second kappa shape index (κ2) is 31.8. The molecule has 250 valence electrons. The molecule has 2 heteroatoms. The van der Waals surface area contributed by atoms with Gasteiger partial charge in [0.05, 0.1) is 0 Å². The van der Waals surface area contributed by atoms with Gasteiger partial charge in [-0.2, -0.15) is 0 Å². The van der Waals surface area contributed by atoms with Crippen molar-refractivity contribution < 1.29 is 0 Å². The van der Waals surface area contributed by atoms with E-state index in [1.54, 1.807) is 0 Å². The van der Waals surface area contributed by atoms with Gasteiger partial charge in [-0.15, -0.1) is 0 Å². The first kappa shape index (κ1) is 39.4. The molecule has 0 aromatic rings. The first-order valence-corrected chi connectivity index (χ1v) is 20.0. The van der Waals surface area contributed by atoms with E-state index in [1.807, 2.05) is 0 Å². The van der Waals surface area contributed by atoms with Crippen LogP contribution in [0, 0.1) is 0 Å². The fourth-order valence-electron chi connectivity index (χ4n) is 6.89. The van der Waals surface area contributed by atoms with Crippen LogP contribution in [0.4, 0.5) is 0 Å². The largest absolute Gasteiger partial charge is 0.356 e. The molecule has 0 aliphatic carbocycles. The van der Waals surface area contributed by atoms with Crippen LogP contribution in [-0.4, -0.2) is 29.1 Å². The van der Waals surface area contributed by atoms with E-state index in [9.17, 15) is 0 Å². The van der Waals surface area contributed by atoms with Gasteiger partial charge in [-0.25, -0.2) is 0 Å². The molecule has 42 heavy (non-hydrogen) atoms. The lowest BCUT2D eigenvalue weighted by Gasteiger charge is -2.33. The van der Waals surface area contributed by atoms with E-state index < -0.39 is 0 Å². The minimum atomic E-state index is 0.640. The first-order valence-electron chi connectivity index (χ1n) is 20.0. The smallest absolute Gasteiger partial charge is 0.101 e. The van der Waals surface area contributed by atoms with Crippen molar-refractivity contribution in [3.05, 3.63) is 12.4 Å². The van der Waals surface area contributed by atoms with E-state index >= 15 is 0 Å². The zero-order valence-electron chi connectivity index (χ0n) is 29.7. The Morgan fingerprint density at radius 2 is 0.548 bits per heavy atom. The molecule has 0 N–H and O–H groups in total. The SMILES string of the molecule is CCCCCCCCCCCCCCCC1N(CCCCCCCCC)C=CN1CCCCCCCCCCCCC. The van der Waals surface area contributed by atoms with Gasteiger partial charge >= 0.3 is 0 Å². The van der Waals surface area contributed by atoms with Crippen molar-refractivity contribution in [2.24, 2.45) is 0 Å². The van der Waals surface area contributed by atoms with Crippen molar-refractivity contribution in [1.82, 2.24) is 9.80 Å². The van der Waals surface area contributed by atoms with Crippen LogP contribution in [0.5, 0.6) is 0 Å². The predicted molar refractivity (Wildman–Crippen MR) is 191 cm³/mol. The highest BCUT2D eigenvalue weighted by Gasteiger charge is 2.24. The predicted octanol–water partition coefficient (Wildman–Crippen LogP) is 13.9. The maximum Gasteiger partial charge on any atom is 0.101 e. The Kier molecular flexibility index (Phi) is 29.8. The van der Waals surface area contributed by atoms with E-state index in [0.717, 1.165) is 0 Å². The van der Waals surface area contributed by atoms with Gasteiger partial charge in [0.15, 0.2) is 0 Å². The maximum atomic E-state index is 2.72. The van der Waals surface area contributed by atoms with Gasteiger partial charge in [-0.05, 0) is 25.7 Å². The van der Waals surface area contributed by atoms with Gasteiger partial charge in [0.2, 0.25) is 0 Å². The molecule has 2 nitrogen and oxygen atoms in total. The Bertz CT molecular complexity index is 544. The molecule has 0 bridgehead atoms. The minimum Gasteiger partial charge on any atom is -0.356 e. The molecule has 1 heterocycles. The lowest BCUT2D eigenvalue weighted by molar-refractivity contribution is 0.135. The first-order chi connectivity index (χ1) is 20.8. The van der Waals surface area contributed by atoms with Crippen LogP contribution < -0.4 is 0 Å². The third-order valence-corrected chi connectivity index (χ3v) is 9.82. The number of rotatable bonds is 34. The lowest BCUT2D eigenvalue weighted by atomic mass is 10.0. The van der Waals surface area contributed by atoms with E-state index in [2.05, 4.69) is 43.0 Å². The summed E-state index contributed by atoms with van der Waals surface area (Å²) in [7, 11) is 0. The van der Waals surface area contributed by atoms with E-state index in [0.29, 0.717) is 6.17 Å². The summed E-state index contributed by atoms with van der Waals surface area (Å²) in [6.07, 6.45) is 51.4. The minimum absolute atomic E-state index is 0.640. The normalized spacial score (nSPS) is 15.0. The Balaban J connectivity index is 2.20. The third-order valence-electron chi connectivity index (χ3n) is 9.82. The Morgan fingerprint density at radius 3 is 0.833 bits per heavy atom. The Labute approximate surface area is 267 Å². The Morgan fingerprint density at radius 1 is 0.310 bits per heavy atom. The van der Waals surface area contributed by atoms with E-state index in [4.69, 9.17) is 0 Å². The summed E-state index contributed by atoms with van der Waals surface area (Å²) in [5, 5.41) is 0. The van der Waals surface area contributed by atoms with Crippen molar-refractivity contribution in [1.29, 1.82) is 0 Å². The van der Waals surface area contributed by atoms with Crippen molar-refractivity contribution >= 4 is 0 Å². The molecule has 1 atom stereocenters. The summed E-state index contributed by atoms with van der Waals surface area (Å²) in [5.74, 6) is 0. The zero-order chi connectivity index (χ0) is 30.2. The fraction of sp³-hybridized carbons (Fsp3) is 0.950. The van der Waals surface area contributed by atoms with Gasteiger partial charge in [0.1, 0.15) is 6.17 Å². The molecular formula is C40H80N2. The highest BCUT2D eigenvalue weighted by Crippen LogP contribution is 2.24. The number of unbranched alkanes of at least 4 members (excludes halogenated alkanes) is 28.